The van der Waals surface area contributed by atoms with E-state index in [0.29, 0.717) is 18.4 Å². The zero-order chi connectivity index (χ0) is 18.5. The summed E-state index contributed by atoms with van der Waals surface area (Å²) in [6, 6.07) is 3.29. The molecule has 144 valence electrons. The number of carbonyl (C=O) groups is 1. The highest BCUT2D eigenvalue weighted by molar-refractivity contribution is 5.96. The molecule has 1 fully saturated rings. The molecule has 0 radical (unpaired) electrons. The molecule has 0 bridgehead atoms. The summed E-state index contributed by atoms with van der Waals surface area (Å²) in [7, 11) is 0. The van der Waals surface area contributed by atoms with E-state index >= 15 is 0 Å². The first kappa shape index (κ1) is 19.3. The van der Waals surface area contributed by atoms with Crippen LogP contribution < -0.4 is 4.90 Å². The van der Waals surface area contributed by atoms with Gasteiger partial charge in [-0.1, -0.05) is 26.2 Å². The Balaban J connectivity index is 1.50. The predicted octanol–water partition coefficient (Wildman–Crippen LogP) is 4.71. The number of halogens is 1. The number of rotatable bonds is 7. The molecule has 0 N–H and O–H groups in total. The van der Waals surface area contributed by atoms with Crippen molar-refractivity contribution in [3.05, 3.63) is 29.1 Å². The molecule has 26 heavy (non-hydrogen) atoms. The van der Waals surface area contributed by atoms with Gasteiger partial charge < -0.3 is 9.80 Å². The molecule has 0 aliphatic carbocycles. The molecular weight excluding hydrogens is 327 g/mol. The maximum Gasteiger partial charge on any atom is 0.227 e. The van der Waals surface area contributed by atoms with Crippen molar-refractivity contribution in [3.8, 4) is 0 Å². The highest BCUT2D eigenvalue weighted by Crippen LogP contribution is 2.32. The van der Waals surface area contributed by atoms with Crippen LogP contribution in [0.1, 0.15) is 63.0 Å². The molecule has 0 atom stereocenters. The number of hydrogen-bond donors (Lipinski definition) is 0. The summed E-state index contributed by atoms with van der Waals surface area (Å²) in [5.74, 6) is 0.936. The first-order valence-electron chi connectivity index (χ1n) is 10.4. The van der Waals surface area contributed by atoms with Gasteiger partial charge in [0, 0.05) is 18.7 Å². The molecule has 2 aliphatic heterocycles. The summed E-state index contributed by atoms with van der Waals surface area (Å²) in [5, 5.41) is 0. The molecule has 3 rings (SSSR count). The number of unbranched alkanes of at least 4 members (excludes halogenated alkanes) is 1. The lowest BCUT2D eigenvalue weighted by molar-refractivity contribution is -0.118. The van der Waals surface area contributed by atoms with Gasteiger partial charge in [0.15, 0.2) is 0 Å². The minimum absolute atomic E-state index is 0.163. The molecule has 0 saturated carbocycles. The number of benzene rings is 1. The summed E-state index contributed by atoms with van der Waals surface area (Å²) >= 11 is 0. The Morgan fingerprint density at radius 1 is 1.12 bits per heavy atom. The summed E-state index contributed by atoms with van der Waals surface area (Å²) in [4.78, 5) is 16.8. The Hall–Kier alpha value is -1.42. The van der Waals surface area contributed by atoms with Crippen molar-refractivity contribution < 1.29 is 9.18 Å². The fourth-order valence-electron chi connectivity index (χ4n) is 4.47. The number of likely N-dealkylation sites (tertiary alicyclic amines) is 1. The molecule has 4 heteroatoms. The van der Waals surface area contributed by atoms with Gasteiger partial charge in [-0.05, 0) is 81.4 Å². The smallest absolute Gasteiger partial charge is 0.227 e. The normalized spacial score (nSPS) is 19.0. The monoisotopic (exact) mass is 360 g/mol. The lowest BCUT2D eigenvalue weighted by Crippen LogP contribution is -2.39. The fraction of sp³-hybridized carbons (Fsp3) is 0.682. The van der Waals surface area contributed by atoms with Crippen LogP contribution in [0.2, 0.25) is 0 Å². The largest absolute Gasteiger partial charge is 0.312 e. The number of fused-ring (bicyclic) bond motifs is 1. The van der Waals surface area contributed by atoms with E-state index in [2.05, 4.69) is 11.8 Å². The third kappa shape index (κ3) is 4.46. The van der Waals surface area contributed by atoms with Gasteiger partial charge in [0.05, 0.1) is 0 Å². The van der Waals surface area contributed by atoms with Crippen molar-refractivity contribution in [2.24, 2.45) is 5.92 Å². The SMILES string of the molecule is CCCCC1CCN(CCCN2C(=O)CCc3c2ccc(F)c3C)CC1. The first-order valence-corrected chi connectivity index (χ1v) is 10.4. The number of hydrogen-bond acceptors (Lipinski definition) is 2. The Kier molecular flexibility index (Phi) is 6.68. The standard InChI is InChI=1S/C22H33FN2O/c1-3-4-6-18-11-15-24(16-12-18)13-5-14-25-21-9-8-20(23)17(2)19(21)7-10-22(25)26/h8-9,18H,3-7,10-16H2,1-2H3. The summed E-state index contributed by atoms with van der Waals surface area (Å²) in [6.45, 7) is 8.29. The van der Waals surface area contributed by atoms with Crippen molar-refractivity contribution in [3.63, 3.8) is 0 Å². The highest BCUT2D eigenvalue weighted by Gasteiger charge is 2.26. The topological polar surface area (TPSA) is 23.6 Å². The predicted molar refractivity (Wildman–Crippen MR) is 105 cm³/mol. The quantitative estimate of drug-likeness (QED) is 0.703. The average Bonchev–Trinajstić information content (AvgIpc) is 2.65. The third-order valence-corrected chi connectivity index (χ3v) is 6.22. The number of nitrogens with zero attached hydrogens (tertiary/aromatic N) is 2. The van der Waals surface area contributed by atoms with E-state index in [0.717, 1.165) is 36.7 Å². The van der Waals surface area contributed by atoms with Crippen molar-refractivity contribution in [2.75, 3.05) is 31.1 Å². The second-order valence-electron chi connectivity index (χ2n) is 8.00. The maximum atomic E-state index is 13.8. The lowest BCUT2D eigenvalue weighted by atomic mass is 9.91. The highest BCUT2D eigenvalue weighted by atomic mass is 19.1. The summed E-state index contributed by atoms with van der Waals surface area (Å²) in [6.07, 6.45) is 8.85. The van der Waals surface area contributed by atoms with Crippen LogP contribution in [0, 0.1) is 18.7 Å². The van der Waals surface area contributed by atoms with Gasteiger partial charge in [-0.15, -0.1) is 0 Å². The molecule has 3 nitrogen and oxygen atoms in total. The number of carbonyl (C=O) groups excluding carboxylic acids is 1. The molecule has 0 spiro atoms. The minimum atomic E-state index is -0.163. The van der Waals surface area contributed by atoms with E-state index < -0.39 is 0 Å². The van der Waals surface area contributed by atoms with Gasteiger partial charge in [-0.3, -0.25) is 4.79 Å². The third-order valence-electron chi connectivity index (χ3n) is 6.22. The van der Waals surface area contributed by atoms with Crippen molar-refractivity contribution in [2.45, 2.75) is 65.2 Å². The van der Waals surface area contributed by atoms with E-state index in [1.807, 2.05) is 11.8 Å². The van der Waals surface area contributed by atoms with Gasteiger partial charge >= 0.3 is 0 Å². The molecule has 0 unspecified atom stereocenters. The molecule has 1 amide bonds. The molecule has 1 aromatic carbocycles. The second-order valence-corrected chi connectivity index (χ2v) is 8.00. The lowest BCUT2D eigenvalue weighted by Gasteiger charge is -2.34. The Bertz CT molecular complexity index is 623. The van der Waals surface area contributed by atoms with Crippen molar-refractivity contribution >= 4 is 11.6 Å². The van der Waals surface area contributed by atoms with Crippen LogP contribution in [0.15, 0.2) is 12.1 Å². The molecule has 2 aliphatic rings. The van der Waals surface area contributed by atoms with Gasteiger partial charge in [0.2, 0.25) is 5.91 Å². The Morgan fingerprint density at radius 3 is 2.62 bits per heavy atom. The summed E-state index contributed by atoms with van der Waals surface area (Å²) < 4.78 is 13.8. The van der Waals surface area contributed by atoms with Gasteiger partial charge in [-0.2, -0.15) is 0 Å². The first-order chi connectivity index (χ1) is 12.6. The van der Waals surface area contributed by atoms with Gasteiger partial charge in [0.1, 0.15) is 5.82 Å². The second kappa shape index (κ2) is 8.98. The molecule has 2 heterocycles. The maximum absolute atomic E-state index is 13.8. The zero-order valence-corrected chi connectivity index (χ0v) is 16.4. The fourth-order valence-corrected chi connectivity index (χ4v) is 4.47. The summed E-state index contributed by atoms with van der Waals surface area (Å²) in [5.41, 5.74) is 2.65. The molecule has 0 aromatic heterocycles. The van der Waals surface area contributed by atoms with Crippen LogP contribution in [-0.4, -0.2) is 37.0 Å². The molecule has 1 saturated heterocycles. The van der Waals surface area contributed by atoms with E-state index in [1.54, 1.807) is 6.07 Å². The van der Waals surface area contributed by atoms with Crippen molar-refractivity contribution in [1.29, 1.82) is 0 Å². The van der Waals surface area contributed by atoms with Crippen LogP contribution in [0.25, 0.3) is 0 Å². The number of amides is 1. The van der Waals surface area contributed by atoms with Crippen molar-refractivity contribution in [1.82, 2.24) is 4.90 Å². The van der Waals surface area contributed by atoms with E-state index in [9.17, 15) is 9.18 Å². The Morgan fingerprint density at radius 2 is 1.88 bits per heavy atom. The van der Waals surface area contributed by atoms with Crippen LogP contribution >= 0.6 is 0 Å². The minimum Gasteiger partial charge on any atom is -0.312 e. The van der Waals surface area contributed by atoms with E-state index in [4.69, 9.17) is 0 Å². The van der Waals surface area contributed by atoms with Crippen LogP contribution in [-0.2, 0) is 11.2 Å². The van der Waals surface area contributed by atoms with Gasteiger partial charge in [0.25, 0.3) is 0 Å². The van der Waals surface area contributed by atoms with E-state index in [1.165, 1.54) is 51.3 Å². The number of anilines is 1. The zero-order valence-electron chi connectivity index (χ0n) is 16.4. The van der Waals surface area contributed by atoms with Crippen LogP contribution in [0.4, 0.5) is 10.1 Å². The van der Waals surface area contributed by atoms with Crippen LogP contribution in [0.5, 0.6) is 0 Å². The number of piperidine rings is 1. The molecule has 1 aromatic rings. The average molecular weight is 361 g/mol. The van der Waals surface area contributed by atoms with E-state index in [-0.39, 0.29) is 11.7 Å². The molecular formula is C22H33FN2O. The van der Waals surface area contributed by atoms with Crippen LogP contribution in [0.3, 0.4) is 0 Å². The Labute approximate surface area is 157 Å². The van der Waals surface area contributed by atoms with Gasteiger partial charge in [-0.25, -0.2) is 4.39 Å².